The van der Waals surface area contributed by atoms with Crippen molar-refractivity contribution in [1.82, 2.24) is 8.97 Å². The lowest BCUT2D eigenvalue weighted by Crippen LogP contribution is -2.45. The minimum atomic E-state index is 1.03. The van der Waals surface area contributed by atoms with E-state index < -0.39 is 0 Å². The van der Waals surface area contributed by atoms with Crippen LogP contribution in [0, 0.1) is 6.92 Å². The molecule has 0 unspecified atom stereocenters. The van der Waals surface area contributed by atoms with Gasteiger partial charge in [-0.1, -0.05) is 12.1 Å². The highest BCUT2D eigenvalue weighted by molar-refractivity contribution is 5.81. The first-order chi connectivity index (χ1) is 7.20. The third kappa shape index (κ3) is 0.883. The summed E-state index contributed by atoms with van der Waals surface area (Å²) in [6, 6.07) is 8.31. The first-order valence-corrected chi connectivity index (χ1v) is 4.92. The Labute approximate surface area is 87.1 Å². The lowest BCUT2D eigenvalue weighted by Gasteiger charge is -1.91. The van der Waals surface area contributed by atoms with Gasteiger partial charge in [0.05, 0.1) is 5.52 Å². The van der Waals surface area contributed by atoms with Crippen LogP contribution in [0.2, 0.25) is 0 Å². The number of rotatable bonds is 0. The summed E-state index contributed by atoms with van der Waals surface area (Å²) >= 11 is 0. The van der Waals surface area contributed by atoms with Gasteiger partial charge in [0.2, 0.25) is 5.65 Å². The van der Waals surface area contributed by atoms with E-state index in [4.69, 9.17) is 5.84 Å². The molecule has 0 radical (unpaired) electrons. The predicted molar refractivity (Wildman–Crippen MR) is 59.0 cm³/mol. The number of para-hydroxylation sites is 2. The van der Waals surface area contributed by atoms with Crippen molar-refractivity contribution >= 4 is 16.7 Å². The van der Waals surface area contributed by atoms with Crippen molar-refractivity contribution in [3.05, 3.63) is 36.3 Å². The number of aryl methyl sites for hydroxylation is 2. The van der Waals surface area contributed by atoms with Gasteiger partial charge in [-0.05, 0) is 12.1 Å². The van der Waals surface area contributed by atoms with E-state index in [0.29, 0.717) is 0 Å². The van der Waals surface area contributed by atoms with E-state index >= 15 is 0 Å². The second kappa shape index (κ2) is 2.53. The van der Waals surface area contributed by atoms with Crippen molar-refractivity contribution in [2.24, 2.45) is 7.05 Å². The zero-order chi connectivity index (χ0) is 10.6. The quantitative estimate of drug-likeness (QED) is 0.423. The Balaban J connectivity index is 2.68. The van der Waals surface area contributed by atoms with Crippen LogP contribution in [0.25, 0.3) is 16.7 Å². The number of hydrogen-bond acceptors (Lipinski definition) is 1. The zero-order valence-electron chi connectivity index (χ0n) is 8.81. The van der Waals surface area contributed by atoms with Crippen molar-refractivity contribution in [1.29, 1.82) is 0 Å². The van der Waals surface area contributed by atoms with Crippen LogP contribution in [0.1, 0.15) is 5.82 Å². The number of benzene rings is 1. The Kier molecular flexibility index (Phi) is 1.41. The summed E-state index contributed by atoms with van der Waals surface area (Å²) in [6.45, 7) is 2.01. The van der Waals surface area contributed by atoms with E-state index in [0.717, 1.165) is 11.5 Å². The van der Waals surface area contributed by atoms with Gasteiger partial charge in [-0.25, -0.2) is 0 Å². The number of aromatic nitrogens is 3. The standard InChI is InChI=1S/C11H13N4/c1-8-14(12)7-11-13(2)9-5-3-4-6-10(9)15(8)11/h3-7H,12H2,1-2H3/q+1. The monoisotopic (exact) mass is 201 g/mol. The molecule has 1 aromatic carbocycles. The molecule has 0 fully saturated rings. The minimum Gasteiger partial charge on any atom is -0.305 e. The summed E-state index contributed by atoms with van der Waals surface area (Å²) in [5.74, 6) is 6.87. The number of nitrogen functional groups attached to an aromatic ring is 1. The molecule has 0 bridgehead atoms. The first-order valence-electron chi connectivity index (χ1n) is 4.92. The Bertz CT molecular complexity index is 660. The van der Waals surface area contributed by atoms with Gasteiger partial charge in [-0.15, -0.1) is 4.68 Å². The molecule has 4 heteroatoms. The zero-order valence-corrected chi connectivity index (χ0v) is 8.81. The Morgan fingerprint density at radius 3 is 2.60 bits per heavy atom. The summed E-state index contributed by atoms with van der Waals surface area (Å²) in [5.41, 5.74) is 3.52. The van der Waals surface area contributed by atoms with Crippen molar-refractivity contribution in [3.8, 4) is 0 Å². The van der Waals surface area contributed by atoms with E-state index in [9.17, 15) is 0 Å². The SMILES string of the molecule is Cc1n2c3ccccc3n(C)c2c[n+]1N. The molecule has 0 amide bonds. The van der Waals surface area contributed by atoms with E-state index in [1.165, 1.54) is 11.0 Å². The van der Waals surface area contributed by atoms with Crippen LogP contribution in [0.4, 0.5) is 0 Å². The van der Waals surface area contributed by atoms with Crippen LogP contribution in [-0.4, -0.2) is 8.97 Å². The summed E-state index contributed by atoms with van der Waals surface area (Å²) in [5, 5.41) is 0. The molecule has 3 rings (SSSR count). The van der Waals surface area contributed by atoms with Crippen LogP contribution in [0.3, 0.4) is 0 Å². The number of hydrogen-bond donors (Lipinski definition) is 1. The van der Waals surface area contributed by atoms with Gasteiger partial charge in [0.1, 0.15) is 0 Å². The van der Waals surface area contributed by atoms with Crippen molar-refractivity contribution in [3.63, 3.8) is 0 Å². The fourth-order valence-corrected chi connectivity index (χ4v) is 2.15. The normalized spacial score (nSPS) is 11.6. The molecular formula is C11H13N4+. The van der Waals surface area contributed by atoms with Gasteiger partial charge in [0.15, 0.2) is 11.7 Å². The average molecular weight is 201 g/mol. The molecule has 0 saturated carbocycles. The molecule has 0 aliphatic carbocycles. The molecule has 2 N–H and O–H groups in total. The third-order valence-electron chi connectivity index (χ3n) is 3.01. The maximum absolute atomic E-state index is 5.84. The van der Waals surface area contributed by atoms with E-state index in [1.54, 1.807) is 4.68 Å². The second-order valence-electron chi connectivity index (χ2n) is 3.82. The van der Waals surface area contributed by atoms with Gasteiger partial charge in [-0.2, -0.15) is 4.40 Å². The fourth-order valence-electron chi connectivity index (χ4n) is 2.15. The maximum atomic E-state index is 5.84. The molecule has 3 aromatic rings. The second-order valence-corrected chi connectivity index (χ2v) is 3.82. The molecule has 2 heterocycles. The minimum absolute atomic E-state index is 1.03. The van der Waals surface area contributed by atoms with Crippen molar-refractivity contribution in [2.45, 2.75) is 6.92 Å². The van der Waals surface area contributed by atoms with E-state index in [-0.39, 0.29) is 0 Å². The van der Waals surface area contributed by atoms with Gasteiger partial charge < -0.3 is 4.57 Å². The average Bonchev–Trinajstić information content (AvgIpc) is 2.68. The summed E-state index contributed by atoms with van der Waals surface area (Å²) < 4.78 is 5.96. The van der Waals surface area contributed by atoms with Gasteiger partial charge >= 0.3 is 0 Å². The molecule has 0 aliphatic rings. The lowest BCUT2D eigenvalue weighted by atomic mass is 10.3. The highest BCUT2D eigenvalue weighted by Crippen LogP contribution is 2.19. The summed E-state index contributed by atoms with van der Waals surface area (Å²) in [4.78, 5) is 0. The smallest absolute Gasteiger partial charge is 0.283 e. The number of fused-ring (bicyclic) bond motifs is 3. The molecular weight excluding hydrogens is 188 g/mol. The molecule has 76 valence electrons. The van der Waals surface area contributed by atoms with Crippen molar-refractivity contribution < 1.29 is 4.68 Å². The summed E-state index contributed by atoms with van der Waals surface area (Å²) in [6.07, 6.45) is 1.94. The van der Waals surface area contributed by atoms with Gasteiger partial charge in [0.25, 0.3) is 5.82 Å². The number of imidazole rings is 2. The topological polar surface area (TPSA) is 39.2 Å². The van der Waals surface area contributed by atoms with E-state index in [2.05, 4.69) is 28.1 Å². The largest absolute Gasteiger partial charge is 0.305 e. The molecule has 0 saturated heterocycles. The Morgan fingerprint density at radius 1 is 1.20 bits per heavy atom. The van der Waals surface area contributed by atoms with Crippen molar-refractivity contribution in [2.75, 3.05) is 5.84 Å². The molecule has 4 nitrogen and oxygen atoms in total. The van der Waals surface area contributed by atoms with Crippen LogP contribution in [-0.2, 0) is 7.05 Å². The predicted octanol–water partition coefficient (Wildman–Crippen LogP) is 0.741. The summed E-state index contributed by atoms with van der Waals surface area (Å²) in [7, 11) is 2.05. The fraction of sp³-hybridized carbons (Fsp3) is 0.182. The lowest BCUT2D eigenvalue weighted by molar-refractivity contribution is -0.643. The van der Waals surface area contributed by atoms with E-state index in [1.807, 2.05) is 25.3 Å². The van der Waals surface area contributed by atoms with Gasteiger partial charge in [-0.3, -0.25) is 5.84 Å². The Morgan fingerprint density at radius 2 is 1.87 bits per heavy atom. The number of nitrogens with two attached hydrogens (primary N) is 1. The highest BCUT2D eigenvalue weighted by atomic mass is 15.4. The molecule has 2 aromatic heterocycles. The Hall–Kier alpha value is -1.97. The third-order valence-corrected chi connectivity index (χ3v) is 3.01. The number of nitrogens with zero attached hydrogens (tertiary/aromatic N) is 3. The highest BCUT2D eigenvalue weighted by Gasteiger charge is 2.19. The van der Waals surface area contributed by atoms with Gasteiger partial charge in [0, 0.05) is 14.0 Å². The van der Waals surface area contributed by atoms with Crippen LogP contribution in [0.15, 0.2) is 30.5 Å². The molecule has 0 spiro atoms. The molecule has 0 atom stereocenters. The van der Waals surface area contributed by atoms with Crippen LogP contribution < -0.4 is 10.5 Å². The molecule has 15 heavy (non-hydrogen) atoms. The molecule has 0 aliphatic heterocycles. The maximum Gasteiger partial charge on any atom is 0.283 e. The first kappa shape index (κ1) is 8.35. The van der Waals surface area contributed by atoms with Crippen LogP contribution >= 0.6 is 0 Å². The van der Waals surface area contributed by atoms with Crippen LogP contribution in [0.5, 0.6) is 0 Å².